The van der Waals surface area contributed by atoms with Gasteiger partial charge in [-0.3, -0.25) is 19.8 Å². The Morgan fingerprint density at radius 3 is 2.29 bits per heavy atom. The van der Waals surface area contributed by atoms with Gasteiger partial charge in [-0.15, -0.1) is 0 Å². The number of carbonyl (C=O) groups is 1. The summed E-state index contributed by atoms with van der Waals surface area (Å²) >= 11 is 12.5. The lowest BCUT2D eigenvalue weighted by Crippen LogP contribution is -2.48. The van der Waals surface area contributed by atoms with Gasteiger partial charge in [-0.05, 0) is 78.3 Å². The van der Waals surface area contributed by atoms with Crippen LogP contribution in [0, 0.1) is 15.5 Å². The molecule has 16 heteroatoms. The van der Waals surface area contributed by atoms with E-state index >= 15 is 0 Å². The topological polar surface area (TPSA) is 147 Å². The summed E-state index contributed by atoms with van der Waals surface area (Å²) < 4.78 is 42.8. The molecule has 2 N–H and O–H groups in total. The fourth-order valence-electron chi connectivity index (χ4n) is 7.67. The highest BCUT2D eigenvalue weighted by Crippen LogP contribution is 2.49. The summed E-state index contributed by atoms with van der Waals surface area (Å²) in [6.07, 6.45) is 2.91. The van der Waals surface area contributed by atoms with Crippen molar-refractivity contribution < 1.29 is 27.6 Å². The number of amides is 1. The quantitative estimate of drug-likeness (QED) is 0.105. The number of carbonyl (C=O) groups excluding carboxylic acids is 1. The molecule has 1 amide bonds. The van der Waals surface area contributed by atoms with E-state index in [4.69, 9.17) is 32.7 Å². The van der Waals surface area contributed by atoms with E-state index in [-0.39, 0.29) is 46.9 Å². The number of morpholine rings is 1. The first-order chi connectivity index (χ1) is 27.8. The maximum atomic E-state index is 14.5. The molecule has 0 spiro atoms. The van der Waals surface area contributed by atoms with Gasteiger partial charge in [0.1, 0.15) is 16.3 Å². The van der Waals surface area contributed by atoms with Crippen LogP contribution >= 0.6 is 23.2 Å². The Labute approximate surface area is 348 Å². The number of ether oxygens (including phenoxy) is 2. The van der Waals surface area contributed by atoms with E-state index < -0.39 is 31.4 Å². The second-order valence-corrected chi connectivity index (χ2v) is 18.0. The van der Waals surface area contributed by atoms with Crippen molar-refractivity contribution in [2.75, 3.05) is 69.4 Å². The number of nitrogens with zero attached hydrogens (tertiary/aromatic N) is 4. The van der Waals surface area contributed by atoms with Gasteiger partial charge in [0.2, 0.25) is 0 Å². The first kappa shape index (κ1) is 41.5. The highest BCUT2D eigenvalue weighted by molar-refractivity contribution is 7.90. The fourth-order valence-corrected chi connectivity index (χ4v) is 9.19. The van der Waals surface area contributed by atoms with Crippen molar-refractivity contribution in [1.82, 2.24) is 14.6 Å². The summed E-state index contributed by atoms with van der Waals surface area (Å²) in [7, 11) is -4.75. The summed E-state index contributed by atoms with van der Waals surface area (Å²) in [5, 5.41) is 16.2. The van der Waals surface area contributed by atoms with Crippen LogP contribution in [-0.2, 0) is 14.8 Å². The van der Waals surface area contributed by atoms with E-state index in [0.717, 1.165) is 24.8 Å². The van der Waals surface area contributed by atoms with Gasteiger partial charge in [-0.2, -0.15) is 0 Å². The minimum Gasteiger partial charge on any atom is -0.455 e. The first-order valence-electron chi connectivity index (χ1n) is 19.2. The Morgan fingerprint density at radius 1 is 0.914 bits per heavy atom. The number of hydrogen-bond acceptors (Lipinski definition) is 11. The van der Waals surface area contributed by atoms with Crippen LogP contribution in [0.4, 0.5) is 17.1 Å². The zero-order valence-corrected chi connectivity index (χ0v) is 34.7. The van der Waals surface area contributed by atoms with E-state index in [2.05, 4.69) is 41.0 Å². The standard InChI is InChI=1S/C42H46Cl2N6O7S/c1-42(2)16-15-31(35(27-42)29-11-13-32(43)14-12-29)28-47-17-19-48(20-18-47)39-37(58(54,55)46-41(51)30-7-4-3-5-8-30)26-36(57-34-10-6-9-33(44)25-34)38(40(39)50(52)53)45-49-21-23-56-24-22-49/h3-14,25-26,45H,15-24,27-28H2,1-2H3,(H,46,51). The van der Waals surface area contributed by atoms with Crippen molar-refractivity contribution in [3.05, 3.63) is 122 Å². The van der Waals surface area contributed by atoms with Gasteiger partial charge in [-0.25, -0.2) is 18.1 Å². The van der Waals surface area contributed by atoms with E-state index in [1.807, 2.05) is 12.1 Å². The van der Waals surface area contributed by atoms with Gasteiger partial charge < -0.3 is 19.8 Å². The monoisotopic (exact) mass is 848 g/mol. The van der Waals surface area contributed by atoms with Crippen molar-refractivity contribution in [2.45, 2.75) is 38.0 Å². The van der Waals surface area contributed by atoms with Gasteiger partial charge >= 0.3 is 5.69 Å². The molecular formula is C42H46Cl2N6O7S. The zero-order chi connectivity index (χ0) is 41.0. The third-order valence-corrected chi connectivity index (χ3v) is 12.6. The number of benzene rings is 4. The number of allylic oxidation sites excluding steroid dienone is 1. The second kappa shape index (κ2) is 17.7. The summed E-state index contributed by atoms with van der Waals surface area (Å²) in [6.45, 7) is 8.39. The van der Waals surface area contributed by atoms with Crippen molar-refractivity contribution in [3.8, 4) is 11.5 Å². The van der Waals surface area contributed by atoms with E-state index in [9.17, 15) is 23.3 Å². The molecule has 0 saturated carbocycles. The molecule has 2 saturated heterocycles. The number of nitro groups is 1. The second-order valence-electron chi connectivity index (χ2n) is 15.5. The number of hydrazine groups is 1. The van der Waals surface area contributed by atoms with Gasteiger partial charge in [-0.1, -0.05) is 79.0 Å². The third-order valence-electron chi connectivity index (χ3n) is 10.7. The minimum absolute atomic E-state index is 0.0415. The lowest BCUT2D eigenvalue weighted by molar-refractivity contribution is -0.383. The molecule has 0 aromatic heterocycles. The molecule has 13 nitrogen and oxygen atoms in total. The Morgan fingerprint density at radius 2 is 1.62 bits per heavy atom. The van der Waals surface area contributed by atoms with Gasteiger partial charge in [0.05, 0.1) is 18.1 Å². The molecule has 306 valence electrons. The zero-order valence-electron chi connectivity index (χ0n) is 32.4. The van der Waals surface area contributed by atoms with Crippen LogP contribution in [0.15, 0.2) is 95.4 Å². The van der Waals surface area contributed by atoms with Crippen molar-refractivity contribution in [2.24, 2.45) is 5.41 Å². The molecule has 4 aromatic carbocycles. The number of piperazine rings is 1. The molecule has 58 heavy (non-hydrogen) atoms. The number of halogens is 2. The third kappa shape index (κ3) is 9.76. The highest BCUT2D eigenvalue weighted by atomic mass is 35.5. The van der Waals surface area contributed by atoms with Crippen molar-refractivity contribution >= 4 is 61.8 Å². The Kier molecular flexibility index (Phi) is 12.6. The molecule has 2 fully saturated rings. The lowest BCUT2D eigenvalue weighted by Gasteiger charge is -2.39. The Balaban J connectivity index is 1.28. The van der Waals surface area contributed by atoms with Crippen LogP contribution in [0.5, 0.6) is 11.5 Å². The molecule has 4 aromatic rings. The normalized spacial score (nSPS) is 17.8. The minimum atomic E-state index is -4.75. The van der Waals surface area contributed by atoms with E-state index in [1.165, 1.54) is 35.4 Å². The van der Waals surface area contributed by atoms with Crippen LogP contribution < -0.4 is 19.8 Å². The largest absolute Gasteiger partial charge is 0.455 e. The predicted octanol–water partition coefficient (Wildman–Crippen LogP) is 8.26. The molecule has 1 aliphatic carbocycles. The Hall–Kier alpha value is -4.70. The van der Waals surface area contributed by atoms with Crippen LogP contribution in [0.1, 0.15) is 49.0 Å². The predicted molar refractivity (Wildman–Crippen MR) is 226 cm³/mol. The molecule has 0 bridgehead atoms. The lowest BCUT2D eigenvalue weighted by atomic mass is 9.72. The maximum Gasteiger partial charge on any atom is 0.322 e. The molecule has 3 aliphatic rings. The average molecular weight is 850 g/mol. The molecule has 2 aliphatic heterocycles. The van der Waals surface area contributed by atoms with Crippen LogP contribution in [0.3, 0.4) is 0 Å². The van der Waals surface area contributed by atoms with E-state index in [1.54, 1.807) is 46.3 Å². The number of anilines is 2. The van der Waals surface area contributed by atoms with E-state index in [0.29, 0.717) is 56.0 Å². The average Bonchev–Trinajstić information content (AvgIpc) is 3.20. The number of hydrogen-bond donors (Lipinski definition) is 2. The van der Waals surface area contributed by atoms with Crippen LogP contribution in [0.2, 0.25) is 10.0 Å². The van der Waals surface area contributed by atoms with Crippen molar-refractivity contribution in [3.63, 3.8) is 0 Å². The van der Waals surface area contributed by atoms with Crippen molar-refractivity contribution in [1.29, 1.82) is 0 Å². The Bertz CT molecular complexity index is 2290. The van der Waals surface area contributed by atoms with Gasteiger partial charge in [0.15, 0.2) is 11.4 Å². The molecule has 0 atom stereocenters. The maximum absolute atomic E-state index is 14.5. The number of sulfonamides is 1. The molecular weight excluding hydrogens is 803 g/mol. The summed E-state index contributed by atoms with van der Waals surface area (Å²) in [5.41, 5.74) is 6.52. The SMILES string of the molecule is CC1(C)CCC(CN2CCN(c3c(S(=O)(=O)NC(=O)c4ccccc4)cc(Oc4cccc(Cl)c4)c(NN4CCOCC4)c3[N+](=O)[O-])CC2)=C(c2ccc(Cl)cc2)C1. The summed E-state index contributed by atoms with van der Waals surface area (Å²) in [4.78, 5) is 29.7. The number of nitro benzene ring substituents is 1. The molecule has 2 heterocycles. The molecule has 0 radical (unpaired) electrons. The number of rotatable bonds is 12. The smallest absolute Gasteiger partial charge is 0.322 e. The van der Waals surface area contributed by atoms with Crippen LogP contribution in [0.25, 0.3) is 5.57 Å². The van der Waals surface area contributed by atoms with Gasteiger partial charge in [0.25, 0.3) is 15.9 Å². The summed E-state index contributed by atoms with van der Waals surface area (Å²) in [5.74, 6) is -0.798. The molecule has 7 rings (SSSR count). The fraction of sp³-hybridized carbons (Fsp3) is 0.357. The number of nitrogens with one attached hydrogen (secondary N) is 2. The summed E-state index contributed by atoms with van der Waals surface area (Å²) in [6, 6.07) is 23.5. The van der Waals surface area contributed by atoms with Gasteiger partial charge in [0, 0.05) is 67.5 Å². The first-order valence-corrected chi connectivity index (χ1v) is 21.4. The molecule has 0 unspecified atom stereocenters. The highest BCUT2D eigenvalue weighted by Gasteiger charge is 2.39. The van der Waals surface area contributed by atoms with Crippen LogP contribution in [-0.4, -0.2) is 88.2 Å².